The Balaban J connectivity index is 2.34. The summed E-state index contributed by atoms with van der Waals surface area (Å²) in [6, 6.07) is 0. The van der Waals surface area contributed by atoms with Gasteiger partial charge in [-0.15, -0.1) is 0 Å². The minimum Gasteiger partial charge on any atom is -0.409 e. The molecule has 0 radical (unpaired) electrons. The Kier molecular flexibility index (Phi) is 7.00. The average Bonchev–Trinajstić information content (AvgIpc) is 2.77. The molecule has 3 N–H and O–H groups in total. The molecule has 6 nitrogen and oxygen atoms in total. The predicted molar refractivity (Wildman–Crippen MR) is 69.9 cm³/mol. The van der Waals surface area contributed by atoms with Crippen molar-refractivity contribution in [1.82, 2.24) is 4.90 Å². The van der Waals surface area contributed by atoms with Gasteiger partial charge in [-0.3, -0.25) is 4.90 Å². The van der Waals surface area contributed by atoms with Gasteiger partial charge in [0, 0.05) is 33.2 Å². The molecule has 0 aromatic carbocycles. The third-order valence-electron chi connectivity index (χ3n) is 3.21. The topological polar surface area (TPSA) is 80.3 Å². The quantitative estimate of drug-likeness (QED) is 0.289. The van der Waals surface area contributed by atoms with E-state index in [1.54, 1.807) is 7.11 Å². The zero-order valence-corrected chi connectivity index (χ0v) is 11.3. The van der Waals surface area contributed by atoms with Gasteiger partial charge in [-0.05, 0) is 19.8 Å². The summed E-state index contributed by atoms with van der Waals surface area (Å²) in [5.41, 5.74) is 5.49. The van der Waals surface area contributed by atoms with Crippen molar-refractivity contribution in [2.24, 2.45) is 10.9 Å². The van der Waals surface area contributed by atoms with E-state index in [9.17, 15) is 0 Å². The van der Waals surface area contributed by atoms with E-state index in [2.05, 4.69) is 17.0 Å². The number of ether oxygens (including phenoxy) is 2. The van der Waals surface area contributed by atoms with Gasteiger partial charge in [-0.1, -0.05) is 5.16 Å². The van der Waals surface area contributed by atoms with Gasteiger partial charge >= 0.3 is 0 Å². The Bertz CT molecular complexity index is 261. The molecule has 0 aliphatic carbocycles. The number of methoxy groups -OCH3 is 1. The van der Waals surface area contributed by atoms with Crippen LogP contribution in [0, 0.1) is 0 Å². The molecular formula is C12H25N3O3. The monoisotopic (exact) mass is 259 g/mol. The molecule has 106 valence electrons. The van der Waals surface area contributed by atoms with Crippen LogP contribution in [0.4, 0.5) is 0 Å². The summed E-state index contributed by atoms with van der Waals surface area (Å²) in [6.07, 6.45) is 3.45. The highest BCUT2D eigenvalue weighted by Gasteiger charge is 2.23. The van der Waals surface area contributed by atoms with Crippen LogP contribution in [0.1, 0.15) is 26.2 Å². The van der Waals surface area contributed by atoms with Crippen LogP contribution in [0.2, 0.25) is 0 Å². The van der Waals surface area contributed by atoms with Crippen LogP contribution in [-0.4, -0.2) is 61.5 Å². The average molecular weight is 259 g/mol. The fourth-order valence-corrected chi connectivity index (χ4v) is 2.14. The van der Waals surface area contributed by atoms with E-state index in [1.165, 1.54) is 0 Å². The molecule has 1 heterocycles. The van der Waals surface area contributed by atoms with Crippen LogP contribution in [-0.2, 0) is 9.47 Å². The Hall–Kier alpha value is -0.850. The van der Waals surface area contributed by atoms with Crippen molar-refractivity contribution in [3.8, 4) is 0 Å². The molecule has 1 rings (SSSR count). The summed E-state index contributed by atoms with van der Waals surface area (Å²) in [7, 11) is 1.69. The zero-order chi connectivity index (χ0) is 13.4. The molecule has 1 aliphatic rings. The summed E-state index contributed by atoms with van der Waals surface area (Å²) in [6.45, 7) is 5.26. The van der Waals surface area contributed by atoms with Crippen LogP contribution in [0.3, 0.4) is 0 Å². The molecule has 1 fully saturated rings. The standard InChI is InChI=1S/C12H25N3O3/c1-10-3-4-11(18-10)9-15(7-8-17-2)6-5-12(13)14-16/h10-11,16H,3-9H2,1-2H3,(H2,13,14). The summed E-state index contributed by atoms with van der Waals surface area (Å²) in [5, 5.41) is 11.5. The van der Waals surface area contributed by atoms with Gasteiger partial charge in [-0.25, -0.2) is 0 Å². The highest BCUT2D eigenvalue weighted by atomic mass is 16.5. The third kappa shape index (κ3) is 5.66. The van der Waals surface area contributed by atoms with Crippen LogP contribution in [0.25, 0.3) is 0 Å². The number of nitrogens with zero attached hydrogens (tertiary/aromatic N) is 2. The minimum absolute atomic E-state index is 0.262. The second-order valence-electron chi connectivity index (χ2n) is 4.78. The lowest BCUT2D eigenvalue weighted by Crippen LogP contribution is -2.37. The molecule has 0 spiro atoms. The number of rotatable bonds is 8. The molecular weight excluding hydrogens is 234 g/mol. The Morgan fingerprint density at radius 3 is 2.83 bits per heavy atom. The Labute approximate surface area is 109 Å². The molecule has 6 heteroatoms. The molecule has 0 aromatic rings. The van der Waals surface area contributed by atoms with E-state index in [1.807, 2.05) is 0 Å². The molecule has 2 unspecified atom stereocenters. The fraction of sp³-hybridized carbons (Fsp3) is 0.917. The molecule has 0 bridgehead atoms. The zero-order valence-electron chi connectivity index (χ0n) is 11.3. The molecule has 1 aliphatic heterocycles. The van der Waals surface area contributed by atoms with E-state index in [-0.39, 0.29) is 5.84 Å². The van der Waals surface area contributed by atoms with Crippen LogP contribution >= 0.6 is 0 Å². The maximum atomic E-state index is 8.54. The van der Waals surface area contributed by atoms with E-state index in [4.69, 9.17) is 20.4 Å². The Morgan fingerprint density at radius 2 is 2.28 bits per heavy atom. The van der Waals surface area contributed by atoms with Gasteiger partial charge in [0.1, 0.15) is 5.84 Å². The van der Waals surface area contributed by atoms with Crippen molar-refractivity contribution in [3.63, 3.8) is 0 Å². The normalized spacial score (nSPS) is 24.9. The van der Waals surface area contributed by atoms with Crippen molar-refractivity contribution in [3.05, 3.63) is 0 Å². The fourth-order valence-electron chi connectivity index (χ4n) is 2.14. The number of hydrogen-bond donors (Lipinski definition) is 2. The van der Waals surface area contributed by atoms with E-state index < -0.39 is 0 Å². The van der Waals surface area contributed by atoms with Gasteiger partial charge in [0.15, 0.2) is 0 Å². The van der Waals surface area contributed by atoms with Gasteiger partial charge < -0.3 is 20.4 Å². The van der Waals surface area contributed by atoms with Crippen LogP contribution in [0.15, 0.2) is 5.16 Å². The van der Waals surface area contributed by atoms with Crippen LogP contribution in [0.5, 0.6) is 0 Å². The first kappa shape index (κ1) is 15.2. The van der Waals surface area contributed by atoms with E-state index in [0.29, 0.717) is 25.2 Å². The maximum Gasteiger partial charge on any atom is 0.140 e. The largest absolute Gasteiger partial charge is 0.409 e. The minimum atomic E-state index is 0.262. The lowest BCUT2D eigenvalue weighted by Gasteiger charge is -2.25. The molecule has 0 amide bonds. The molecule has 1 saturated heterocycles. The smallest absolute Gasteiger partial charge is 0.140 e. The summed E-state index contributed by atoms with van der Waals surface area (Å²) in [4.78, 5) is 2.24. The van der Waals surface area contributed by atoms with Crippen molar-refractivity contribution in [2.75, 3.05) is 33.4 Å². The Morgan fingerprint density at radius 1 is 1.50 bits per heavy atom. The molecule has 0 saturated carbocycles. The summed E-state index contributed by atoms with van der Waals surface area (Å²) >= 11 is 0. The van der Waals surface area contributed by atoms with Crippen molar-refractivity contribution >= 4 is 5.84 Å². The highest BCUT2D eigenvalue weighted by Crippen LogP contribution is 2.19. The SMILES string of the molecule is COCCN(CCC(N)=NO)CC1CCC(C)O1. The van der Waals surface area contributed by atoms with Gasteiger partial charge in [0.05, 0.1) is 18.8 Å². The first-order chi connectivity index (χ1) is 8.65. The van der Waals surface area contributed by atoms with E-state index >= 15 is 0 Å². The lowest BCUT2D eigenvalue weighted by atomic mass is 10.2. The third-order valence-corrected chi connectivity index (χ3v) is 3.21. The number of nitrogens with two attached hydrogens (primary N) is 1. The lowest BCUT2D eigenvalue weighted by molar-refractivity contribution is 0.0266. The first-order valence-electron chi connectivity index (χ1n) is 6.48. The maximum absolute atomic E-state index is 8.54. The summed E-state index contributed by atoms with van der Waals surface area (Å²) in [5.74, 6) is 0.262. The second-order valence-corrected chi connectivity index (χ2v) is 4.78. The van der Waals surface area contributed by atoms with Crippen molar-refractivity contribution < 1.29 is 14.7 Å². The molecule has 0 aromatic heterocycles. The predicted octanol–water partition coefficient (Wildman–Crippen LogP) is 0.639. The van der Waals surface area contributed by atoms with E-state index in [0.717, 1.165) is 32.5 Å². The number of amidine groups is 1. The van der Waals surface area contributed by atoms with Gasteiger partial charge in [0.2, 0.25) is 0 Å². The van der Waals surface area contributed by atoms with Gasteiger partial charge in [-0.2, -0.15) is 0 Å². The van der Waals surface area contributed by atoms with Crippen LogP contribution < -0.4 is 5.73 Å². The summed E-state index contributed by atoms with van der Waals surface area (Å²) < 4.78 is 10.9. The number of oxime groups is 1. The molecule has 18 heavy (non-hydrogen) atoms. The van der Waals surface area contributed by atoms with Crippen molar-refractivity contribution in [1.29, 1.82) is 0 Å². The molecule has 2 atom stereocenters. The highest BCUT2D eigenvalue weighted by molar-refractivity contribution is 5.79. The van der Waals surface area contributed by atoms with Crippen molar-refractivity contribution in [2.45, 2.75) is 38.4 Å². The number of hydrogen-bond acceptors (Lipinski definition) is 5. The van der Waals surface area contributed by atoms with Gasteiger partial charge in [0.25, 0.3) is 0 Å². The second kappa shape index (κ2) is 8.29. The first-order valence-corrected chi connectivity index (χ1v) is 6.48.